The van der Waals surface area contributed by atoms with Crippen LogP contribution in [0.3, 0.4) is 0 Å². The van der Waals surface area contributed by atoms with Crippen LogP contribution in [0.25, 0.3) is 0 Å². The molecule has 0 aromatic heterocycles. The summed E-state index contributed by atoms with van der Waals surface area (Å²) in [5.41, 5.74) is 3.36. The summed E-state index contributed by atoms with van der Waals surface area (Å²) in [5, 5.41) is 3.50. The van der Waals surface area contributed by atoms with E-state index in [1.54, 1.807) is 6.07 Å². The summed E-state index contributed by atoms with van der Waals surface area (Å²) in [7, 11) is 0. The number of halogens is 1. The van der Waals surface area contributed by atoms with Gasteiger partial charge in [0, 0.05) is 28.8 Å². The number of rotatable bonds is 4. The summed E-state index contributed by atoms with van der Waals surface area (Å²) >= 11 is 0. The molecule has 1 aliphatic rings. The second-order valence-corrected chi connectivity index (χ2v) is 8.90. The van der Waals surface area contributed by atoms with Gasteiger partial charge in [-0.2, -0.15) is 0 Å². The first-order chi connectivity index (χ1) is 14.9. The monoisotopic (exact) mass is 416 g/mol. The molecule has 3 nitrogen and oxygen atoms in total. The Morgan fingerprint density at radius 1 is 0.903 bits per heavy atom. The van der Waals surface area contributed by atoms with Crippen LogP contribution in [0.4, 0.5) is 10.1 Å². The van der Waals surface area contributed by atoms with Crippen LogP contribution in [-0.4, -0.2) is 24.5 Å². The van der Waals surface area contributed by atoms with E-state index in [0.717, 1.165) is 22.5 Å². The van der Waals surface area contributed by atoms with Crippen LogP contribution in [0.2, 0.25) is 0 Å². The molecule has 0 saturated carbocycles. The Morgan fingerprint density at radius 3 is 2.13 bits per heavy atom. The molecule has 1 saturated heterocycles. The van der Waals surface area contributed by atoms with Crippen molar-refractivity contribution >= 4 is 11.4 Å². The fourth-order valence-electron chi connectivity index (χ4n) is 4.43. The van der Waals surface area contributed by atoms with Crippen LogP contribution in [0.15, 0.2) is 83.9 Å². The third-order valence-corrected chi connectivity index (χ3v) is 5.77. The molecule has 1 fully saturated rings. The van der Waals surface area contributed by atoms with Gasteiger partial charge >= 0.3 is 0 Å². The number of hydrogen-bond acceptors (Lipinski definition) is 3. The highest BCUT2D eigenvalue weighted by Gasteiger charge is 2.38. The molecule has 4 rings (SSSR count). The second kappa shape index (κ2) is 8.74. The first kappa shape index (κ1) is 21.4. The third-order valence-electron chi connectivity index (χ3n) is 5.77. The molecule has 1 heterocycles. The molecular formula is C27H29FN2O. The van der Waals surface area contributed by atoms with E-state index in [1.807, 2.05) is 73.7 Å². The van der Waals surface area contributed by atoms with E-state index in [-0.39, 0.29) is 11.4 Å². The Balaban J connectivity index is 1.80. The van der Waals surface area contributed by atoms with Crippen LogP contribution in [0.5, 0.6) is 0 Å². The van der Waals surface area contributed by atoms with Gasteiger partial charge in [0.2, 0.25) is 0 Å². The Kier molecular flexibility index (Phi) is 6.03. The average molecular weight is 417 g/mol. The molecule has 0 radical (unpaired) electrons. The lowest BCUT2D eigenvalue weighted by molar-refractivity contribution is -0.0177. The molecule has 1 atom stereocenters. The molecule has 0 aliphatic carbocycles. The van der Waals surface area contributed by atoms with Gasteiger partial charge in [0.25, 0.3) is 0 Å². The van der Waals surface area contributed by atoms with E-state index in [2.05, 4.69) is 19.2 Å². The molecule has 0 unspecified atom stereocenters. The molecular weight excluding hydrogens is 387 g/mol. The van der Waals surface area contributed by atoms with Gasteiger partial charge < -0.3 is 10.1 Å². The van der Waals surface area contributed by atoms with E-state index < -0.39 is 5.54 Å². The van der Waals surface area contributed by atoms with Crippen LogP contribution < -0.4 is 5.32 Å². The molecule has 160 valence electrons. The fourth-order valence-corrected chi connectivity index (χ4v) is 4.43. The second-order valence-electron chi connectivity index (χ2n) is 8.90. The van der Waals surface area contributed by atoms with Crippen molar-refractivity contribution in [1.29, 1.82) is 0 Å². The van der Waals surface area contributed by atoms with Crippen molar-refractivity contribution in [3.63, 3.8) is 0 Å². The van der Waals surface area contributed by atoms with Gasteiger partial charge in [-0.3, -0.25) is 0 Å². The summed E-state index contributed by atoms with van der Waals surface area (Å²) in [5.74, 6) is -0.229. The van der Waals surface area contributed by atoms with Gasteiger partial charge in [0.15, 0.2) is 0 Å². The van der Waals surface area contributed by atoms with E-state index in [4.69, 9.17) is 9.73 Å². The minimum atomic E-state index is -0.546. The number of ether oxygens (including phenoxy) is 1. The predicted molar refractivity (Wildman–Crippen MR) is 125 cm³/mol. The lowest BCUT2D eigenvalue weighted by Crippen LogP contribution is -2.43. The number of benzene rings is 3. The van der Waals surface area contributed by atoms with Crippen molar-refractivity contribution in [2.24, 2.45) is 4.99 Å². The first-order valence-electron chi connectivity index (χ1n) is 10.7. The molecule has 0 amide bonds. The number of aliphatic imine (C=N–C) groups is 1. The van der Waals surface area contributed by atoms with Gasteiger partial charge in [0.1, 0.15) is 5.82 Å². The Bertz CT molecular complexity index is 1020. The highest BCUT2D eigenvalue weighted by molar-refractivity contribution is 6.13. The van der Waals surface area contributed by atoms with E-state index in [9.17, 15) is 0 Å². The minimum absolute atomic E-state index is 0.229. The van der Waals surface area contributed by atoms with Crippen molar-refractivity contribution < 1.29 is 9.13 Å². The lowest BCUT2D eigenvalue weighted by Gasteiger charge is -2.35. The largest absolute Gasteiger partial charge is 0.374 e. The minimum Gasteiger partial charge on any atom is -0.374 e. The van der Waals surface area contributed by atoms with Crippen LogP contribution in [-0.2, 0) is 10.3 Å². The smallest absolute Gasteiger partial charge is 0.128 e. The van der Waals surface area contributed by atoms with Crippen molar-refractivity contribution in [3.8, 4) is 0 Å². The molecule has 0 bridgehead atoms. The first-order valence-corrected chi connectivity index (χ1v) is 10.7. The zero-order valence-electron chi connectivity index (χ0n) is 18.4. The van der Waals surface area contributed by atoms with Gasteiger partial charge in [0.05, 0.1) is 23.6 Å². The maximum absolute atomic E-state index is 15.0. The molecule has 4 heteroatoms. The lowest BCUT2D eigenvalue weighted by atomic mass is 9.81. The zero-order valence-corrected chi connectivity index (χ0v) is 18.4. The number of nitrogens with zero attached hydrogens (tertiary/aromatic N) is 1. The third kappa shape index (κ3) is 4.92. The van der Waals surface area contributed by atoms with Crippen molar-refractivity contribution in [1.82, 2.24) is 5.32 Å². The molecule has 1 aliphatic heterocycles. The normalized spacial score (nSPS) is 20.6. The number of nitrogens with one attached hydrogen (secondary N) is 1. The quantitative estimate of drug-likeness (QED) is 0.529. The van der Waals surface area contributed by atoms with Crippen LogP contribution in [0, 0.1) is 5.82 Å². The van der Waals surface area contributed by atoms with E-state index >= 15 is 4.39 Å². The highest BCUT2D eigenvalue weighted by atomic mass is 19.1. The summed E-state index contributed by atoms with van der Waals surface area (Å²) < 4.78 is 21.0. The topological polar surface area (TPSA) is 33.6 Å². The van der Waals surface area contributed by atoms with Crippen molar-refractivity contribution in [2.75, 3.05) is 13.2 Å². The fraction of sp³-hybridized carbons (Fsp3) is 0.296. The molecule has 3 aromatic carbocycles. The summed E-state index contributed by atoms with van der Waals surface area (Å²) in [4.78, 5) is 4.98. The predicted octanol–water partition coefficient (Wildman–Crippen LogP) is 6.00. The van der Waals surface area contributed by atoms with Crippen molar-refractivity contribution in [3.05, 3.63) is 101 Å². The van der Waals surface area contributed by atoms with Gasteiger partial charge in [-0.25, -0.2) is 9.38 Å². The van der Waals surface area contributed by atoms with E-state index in [0.29, 0.717) is 25.1 Å². The number of hydrogen-bond donors (Lipinski definition) is 1. The van der Waals surface area contributed by atoms with Crippen LogP contribution in [0.1, 0.15) is 43.9 Å². The molecule has 0 spiro atoms. The summed E-state index contributed by atoms with van der Waals surface area (Å²) in [6, 6.07) is 25.3. The zero-order chi connectivity index (χ0) is 21.9. The van der Waals surface area contributed by atoms with Gasteiger partial charge in [-0.15, -0.1) is 0 Å². The Hall–Kier alpha value is -2.82. The van der Waals surface area contributed by atoms with Crippen LogP contribution >= 0.6 is 0 Å². The Labute approximate surface area is 184 Å². The maximum atomic E-state index is 15.0. The molecule has 1 N–H and O–H groups in total. The highest BCUT2D eigenvalue weighted by Crippen LogP contribution is 2.37. The van der Waals surface area contributed by atoms with Crippen molar-refractivity contribution in [2.45, 2.75) is 38.3 Å². The average Bonchev–Trinajstić information content (AvgIpc) is 2.91. The molecule has 31 heavy (non-hydrogen) atoms. The molecule has 3 aromatic rings. The SMILES string of the molecule is CC1(C)C[C@@](C)(c2cc(N=C(c3ccccc3)c3ccccc3)ccc2F)NCCO1. The van der Waals surface area contributed by atoms with Gasteiger partial charge in [-0.05, 0) is 45.4 Å². The maximum Gasteiger partial charge on any atom is 0.128 e. The summed E-state index contributed by atoms with van der Waals surface area (Å²) in [6.45, 7) is 7.44. The Morgan fingerprint density at radius 2 is 1.52 bits per heavy atom. The summed E-state index contributed by atoms with van der Waals surface area (Å²) in [6.07, 6.45) is 0.661. The van der Waals surface area contributed by atoms with Gasteiger partial charge in [-0.1, -0.05) is 60.7 Å². The van der Waals surface area contributed by atoms with E-state index in [1.165, 1.54) is 6.07 Å². The standard InChI is InChI=1S/C27H29FN2O/c1-26(2)19-27(3,29-16-17-31-26)23-18-22(14-15-24(23)28)30-25(20-10-6-4-7-11-20)21-12-8-5-9-13-21/h4-15,18,29H,16-17,19H2,1-3H3/t27-/m0/s1.